The van der Waals surface area contributed by atoms with Crippen LogP contribution in [-0.4, -0.2) is 93.1 Å². The van der Waals surface area contributed by atoms with Crippen molar-refractivity contribution < 1.29 is 24.2 Å². The molecule has 3 heterocycles. The molecule has 0 aromatic heterocycles. The number of carbonyl (C=O) groups excluding carboxylic acids is 3. The number of amides is 3. The molecule has 0 aromatic rings. The average Bonchev–Trinajstić information content (AvgIpc) is 3.36. The van der Waals surface area contributed by atoms with Crippen molar-refractivity contribution >= 4 is 17.7 Å². The van der Waals surface area contributed by atoms with Crippen molar-refractivity contribution in [1.29, 1.82) is 0 Å². The van der Waals surface area contributed by atoms with Gasteiger partial charge in [0.1, 0.15) is 11.6 Å². The molecular formula is C26H41N3O5. The van der Waals surface area contributed by atoms with Crippen LogP contribution in [0, 0.1) is 11.8 Å². The fraction of sp³-hybridized carbons (Fsp3) is 0.731. The highest BCUT2D eigenvalue weighted by molar-refractivity contribution is 5.99. The molecule has 3 aliphatic heterocycles. The van der Waals surface area contributed by atoms with Crippen molar-refractivity contribution in [3.63, 3.8) is 0 Å². The van der Waals surface area contributed by atoms with Crippen LogP contribution in [0.2, 0.25) is 0 Å². The van der Waals surface area contributed by atoms with Gasteiger partial charge in [0.15, 0.2) is 0 Å². The van der Waals surface area contributed by atoms with Crippen LogP contribution in [-0.2, 0) is 19.1 Å². The lowest BCUT2D eigenvalue weighted by atomic mass is 9.66. The van der Waals surface area contributed by atoms with Crippen LogP contribution >= 0.6 is 0 Å². The quantitative estimate of drug-likeness (QED) is 0.462. The van der Waals surface area contributed by atoms with Crippen LogP contribution in [0.1, 0.15) is 53.9 Å². The van der Waals surface area contributed by atoms with E-state index in [1.165, 1.54) is 4.90 Å². The van der Waals surface area contributed by atoms with Gasteiger partial charge in [0.2, 0.25) is 17.7 Å². The van der Waals surface area contributed by atoms with Gasteiger partial charge in [0, 0.05) is 25.7 Å². The minimum atomic E-state index is -1.09. The molecule has 6 atom stereocenters. The van der Waals surface area contributed by atoms with Gasteiger partial charge >= 0.3 is 0 Å². The molecule has 8 heteroatoms. The first-order valence-corrected chi connectivity index (χ1v) is 12.5. The number of fused-ring (bicyclic) bond motifs is 1. The van der Waals surface area contributed by atoms with Gasteiger partial charge in [0.05, 0.1) is 30.1 Å². The van der Waals surface area contributed by atoms with Gasteiger partial charge in [-0.1, -0.05) is 19.1 Å². The van der Waals surface area contributed by atoms with E-state index >= 15 is 0 Å². The van der Waals surface area contributed by atoms with Crippen LogP contribution in [0.5, 0.6) is 0 Å². The highest BCUT2D eigenvalue weighted by atomic mass is 16.5. The topological polar surface area (TPSA) is 90.4 Å². The number of aliphatic hydroxyl groups is 1. The maximum absolute atomic E-state index is 14.0. The molecule has 1 N–H and O–H groups in total. The third kappa shape index (κ3) is 3.88. The van der Waals surface area contributed by atoms with E-state index in [9.17, 15) is 19.5 Å². The fourth-order valence-electron chi connectivity index (χ4n) is 6.35. The summed E-state index contributed by atoms with van der Waals surface area (Å²) in [5, 5.41) is 9.99. The molecule has 3 aliphatic rings. The molecule has 0 aromatic carbocycles. The lowest BCUT2D eigenvalue weighted by Crippen LogP contribution is -2.59. The Hall–Kier alpha value is -2.19. The Morgan fingerprint density at radius 2 is 1.85 bits per heavy atom. The summed E-state index contributed by atoms with van der Waals surface area (Å²) >= 11 is 0. The van der Waals surface area contributed by atoms with Gasteiger partial charge in [-0.25, -0.2) is 0 Å². The SMILES string of the molecule is C=CCN(CCC)C(=O)[C@@H]1[C@H]2C(=O)N([C@H](C)CO)C(C(=O)N(CC=C)C(C)C)C23CC[C@@]1(C)O3. The van der Waals surface area contributed by atoms with Crippen molar-refractivity contribution in [1.82, 2.24) is 14.7 Å². The van der Waals surface area contributed by atoms with Crippen molar-refractivity contribution in [2.24, 2.45) is 11.8 Å². The molecule has 0 radical (unpaired) electrons. The Morgan fingerprint density at radius 3 is 2.38 bits per heavy atom. The molecule has 34 heavy (non-hydrogen) atoms. The molecule has 0 saturated carbocycles. The first-order chi connectivity index (χ1) is 16.0. The standard InChI is InChI=1S/C26H41N3O5/c1-8-13-27(14-9-2)22(31)19-20-23(32)29(18(6)16-30)21(24(33)28(15-10-3)17(4)5)26(20)12-11-25(19,7)34-26/h8,10,17-21,30H,1,3,9,11-16H2,2,4-7H3/t18-,19+,20+,21?,25-,26?/m1/s1. The highest BCUT2D eigenvalue weighted by Gasteiger charge is 2.78. The number of rotatable bonds is 11. The van der Waals surface area contributed by atoms with Crippen LogP contribution < -0.4 is 0 Å². The van der Waals surface area contributed by atoms with Crippen molar-refractivity contribution in [2.45, 2.75) is 83.2 Å². The smallest absolute Gasteiger partial charge is 0.248 e. The number of hydrogen-bond acceptors (Lipinski definition) is 5. The van der Waals surface area contributed by atoms with Crippen LogP contribution in [0.25, 0.3) is 0 Å². The Balaban J connectivity index is 2.11. The Bertz CT molecular complexity index is 844. The summed E-state index contributed by atoms with van der Waals surface area (Å²) in [4.78, 5) is 46.8. The number of carbonyl (C=O) groups is 3. The largest absolute Gasteiger partial charge is 0.394 e. The summed E-state index contributed by atoms with van der Waals surface area (Å²) in [7, 11) is 0. The van der Waals surface area contributed by atoms with E-state index in [0.717, 1.165) is 6.42 Å². The van der Waals surface area contributed by atoms with Gasteiger partial charge in [-0.3, -0.25) is 14.4 Å². The number of likely N-dealkylation sites (tertiary alicyclic amines) is 1. The fourth-order valence-corrected chi connectivity index (χ4v) is 6.35. The van der Waals surface area contributed by atoms with E-state index in [-0.39, 0.29) is 30.4 Å². The zero-order valence-electron chi connectivity index (χ0n) is 21.3. The van der Waals surface area contributed by atoms with Crippen molar-refractivity contribution in [3.8, 4) is 0 Å². The molecule has 2 unspecified atom stereocenters. The third-order valence-corrected chi connectivity index (χ3v) is 7.84. The van der Waals surface area contributed by atoms with E-state index in [1.807, 2.05) is 27.7 Å². The van der Waals surface area contributed by atoms with E-state index in [2.05, 4.69) is 13.2 Å². The number of nitrogens with zero attached hydrogens (tertiary/aromatic N) is 3. The first-order valence-electron chi connectivity index (χ1n) is 12.5. The van der Waals surface area contributed by atoms with E-state index in [4.69, 9.17) is 4.74 Å². The van der Waals surface area contributed by atoms with Crippen molar-refractivity contribution in [3.05, 3.63) is 25.3 Å². The van der Waals surface area contributed by atoms with E-state index in [0.29, 0.717) is 32.5 Å². The zero-order valence-corrected chi connectivity index (χ0v) is 21.3. The van der Waals surface area contributed by atoms with E-state index < -0.39 is 35.1 Å². The highest BCUT2D eigenvalue weighted by Crippen LogP contribution is 2.63. The molecular weight excluding hydrogens is 434 g/mol. The molecule has 3 saturated heterocycles. The van der Waals surface area contributed by atoms with E-state index in [1.54, 1.807) is 28.9 Å². The Labute approximate surface area is 203 Å². The second-order valence-corrected chi connectivity index (χ2v) is 10.5. The summed E-state index contributed by atoms with van der Waals surface area (Å²) in [6.45, 7) is 18.1. The second-order valence-electron chi connectivity index (χ2n) is 10.5. The Kier molecular flexibility index (Phi) is 7.63. The lowest BCUT2D eigenvalue weighted by Gasteiger charge is -2.39. The maximum Gasteiger partial charge on any atom is 0.248 e. The average molecular weight is 476 g/mol. The van der Waals surface area contributed by atoms with Gasteiger partial charge in [-0.15, -0.1) is 13.2 Å². The predicted octanol–water partition coefficient (Wildman–Crippen LogP) is 1.98. The minimum Gasteiger partial charge on any atom is -0.394 e. The monoisotopic (exact) mass is 475 g/mol. The first kappa shape index (κ1) is 26.4. The number of aliphatic hydroxyl groups excluding tert-OH is 1. The molecule has 0 aliphatic carbocycles. The lowest BCUT2D eigenvalue weighted by molar-refractivity contribution is -0.156. The minimum absolute atomic E-state index is 0.110. The predicted molar refractivity (Wildman–Crippen MR) is 130 cm³/mol. The third-order valence-electron chi connectivity index (χ3n) is 7.84. The summed E-state index contributed by atoms with van der Waals surface area (Å²) in [5.74, 6) is -2.07. The molecule has 1 spiro atoms. The molecule has 3 rings (SSSR count). The summed E-state index contributed by atoms with van der Waals surface area (Å²) < 4.78 is 6.66. The van der Waals surface area contributed by atoms with Gasteiger partial charge < -0.3 is 24.5 Å². The number of ether oxygens (including phenoxy) is 1. The molecule has 8 nitrogen and oxygen atoms in total. The van der Waals surface area contributed by atoms with Crippen molar-refractivity contribution in [2.75, 3.05) is 26.2 Å². The molecule has 2 bridgehead atoms. The second kappa shape index (κ2) is 9.82. The van der Waals surface area contributed by atoms with Crippen LogP contribution in [0.15, 0.2) is 25.3 Å². The molecule has 3 fully saturated rings. The summed E-state index contributed by atoms with van der Waals surface area (Å²) in [5.41, 5.74) is -1.91. The number of hydrogen-bond donors (Lipinski definition) is 1. The molecule has 190 valence electrons. The zero-order chi connectivity index (χ0) is 25.4. The van der Waals surface area contributed by atoms with Gasteiger partial charge in [-0.05, 0) is 47.0 Å². The van der Waals surface area contributed by atoms with Gasteiger partial charge in [-0.2, -0.15) is 0 Å². The van der Waals surface area contributed by atoms with Crippen LogP contribution in [0.4, 0.5) is 0 Å². The molecule has 3 amide bonds. The normalized spacial score (nSPS) is 32.6. The van der Waals surface area contributed by atoms with Crippen LogP contribution in [0.3, 0.4) is 0 Å². The maximum atomic E-state index is 14.0. The van der Waals surface area contributed by atoms with Gasteiger partial charge in [0.25, 0.3) is 0 Å². The summed E-state index contributed by atoms with van der Waals surface area (Å²) in [6, 6.07) is -1.58. The Morgan fingerprint density at radius 1 is 1.21 bits per heavy atom. The summed E-state index contributed by atoms with van der Waals surface area (Å²) in [6.07, 6.45) is 5.26.